The lowest BCUT2D eigenvalue weighted by Crippen LogP contribution is -2.11. The minimum absolute atomic E-state index is 0.825. The first-order chi connectivity index (χ1) is 9.85. The first-order valence-electron chi connectivity index (χ1n) is 6.90. The largest absolute Gasteiger partial charge is 0.333 e. The third-order valence-electron chi connectivity index (χ3n) is 3.28. The maximum Gasteiger partial charge on any atom is 0.0953 e. The summed E-state index contributed by atoms with van der Waals surface area (Å²) in [5, 5.41) is 4.46. The van der Waals surface area contributed by atoms with Crippen molar-refractivity contribution >= 4 is 10.9 Å². The molecule has 4 heteroatoms. The number of nitrogens with one attached hydrogen (secondary N) is 1. The molecule has 20 heavy (non-hydrogen) atoms. The van der Waals surface area contributed by atoms with Crippen molar-refractivity contribution < 1.29 is 0 Å². The molecule has 0 bridgehead atoms. The summed E-state index contributed by atoms with van der Waals surface area (Å²) in [6, 6.07) is 10.4. The molecular weight excluding hydrogens is 248 g/mol. The molecule has 3 aromatic rings. The van der Waals surface area contributed by atoms with Crippen molar-refractivity contribution in [1.29, 1.82) is 0 Å². The van der Waals surface area contributed by atoms with E-state index in [4.69, 9.17) is 0 Å². The minimum atomic E-state index is 0.825. The van der Waals surface area contributed by atoms with Crippen LogP contribution in [0.2, 0.25) is 0 Å². The van der Waals surface area contributed by atoms with Crippen molar-refractivity contribution in [2.75, 3.05) is 6.54 Å². The van der Waals surface area contributed by atoms with E-state index in [1.165, 1.54) is 10.9 Å². The highest BCUT2D eigenvalue weighted by Crippen LogP contribution is 2.14. The second-order valence-electron chi connectivity index (χ2n) is 4.85. The van der Waals surface area contributed by atoms with Gasteiger partial charge in [-0.3, -0.25) is 4.98 Å². The van der Waals surface area contributed by atoms with Crippen LogP contribution in [0.4, 0.5) is 0 Å². The van der Waals surface area contributed by atoms with Crippen molar-refractivity contribution in [2.45, 2.75) is 20.0 Å². The summed E-state index contributed by atoms with van der Waals surface area (Å²) in [6.07, 6.45) is 5.81. The van der Waals surface area contributed by atoms with Crippen LogP contribution in [0.5, 0.6) is 0 Å². The summed E-state index contributed by atoms with van der Waals surface area (Å²) in [4.78, 5) is 8.74. The Labute approximate surface area is 118 Å². The Morgan fingerprint density at radius 2 is 2.15 bits per heavy atom. The Balaban J connectivity index is 1.76. The number of pyridine rings is 1. The third-order valence-corrected chi connectivity index (χ3v) is 3.28. The molecule has 0 aliphatic carbocycles. The normalized spacial score (nSPS) is 11.1. The Morgan fingerprint density at radius 3 is 3.05 bits per heavy atom. The molecule has 2 heterocycles. The Kier molecular flexibility index (Phi) is 3.74. The fourth-order valence-corrected chi connectivity index (χ4v) is 2.27. The molecule has 2 aromatic heterocycles. The topological polar surface area (TPSA) is 42.7 Å². The monoisotopic (exact) mass is 266 g/mol. The highest BCUT2D eigenvalue weighted by Gasteiger charge is 2.01. The van der Waals surface area contributed by atoms with E-state index in [2.05, 4.69) is 57.2 Å². The van der Waals surface area contributed by atoms with Crippen molar-refractivity contribution in [1.82, 2.24) is 19.9 Å². The van der Waals surface area contributed by atoms with Gasteiger partial charge in [-0.25, -0.2) is 4.98 Å². The first-order valence-corrected chi connectivity index (χ1v) is 6.90. The summed E-state index contributed by atoms with van der Waals surface area (Å²) in [7, 11) is 0. The number of hydrogen-bond donors (Lipinski definition) is 1. The number of aromatic nitrogens is 3. The van der Waals surface area contributed by atoms with E-state index in [0.29, 0.717) is 0 Å². The Morgan fingerprint density at radius 1 is 1.20 bits per heavy atom. The molecule has 0 spiro atoms. The van der Waals surface area contributed by atoms with Gasteiger partial charge in [0.25, 0.3) is 0 Å². The van der Waals surface area contributed by atoms with Gasteiger partial charge in [-0.15, -0.1) is 0 Å². The SMILES string of the molecule is CCNCc1cn(Cc2ccc3ncccc3c2)cn1. The first kappa shape index (κ1) is 12.8. The lowest BCUT2D eigenvalue weighted by atomic mass is 10.1. The van der Waals surface area contributed by atoms with Gasteiger partial charge >= 0.3 is 0 Å². The van der Waals surface area contributed by atoms with Crippen LogP contribution in [0.3, 0.4) is 0 Å². The molecular formula is C16H18N4. The molecule has 0 saturated heterocycles. The summed E-state index contributed by atoms with van der Waals surface area (Å²) >= 11 is 0. The molecule has 0 aliphatic heterocycles. The van der Waals surface area contributed by atoms with Gasteiger partial charge in [0.2, 0.25) is 0 Å². The van der Waals surface area contributed by atoms with Crippen molar-refractivity contribution in [2.24, 2.45) is 0 Å². The number of nitrogens with zero attached hydrogens (tertiary/aromatic N) is 3. The zero-order valence-corrected chi connectivity index (χ0v) is 11.6. The number of rotatable bonds is 5. The highest BCUT2D eigenvalue weighted by molar-refractivity contribution is 5.78. The van der Waals surface area contributed by atoms with Crippen LogP contribution >= 0.6 is 0 Å². The number of imidazole rings is 1. The fourth-order valence-electron chi connectivity index (χ4n) is 2.27. The number of fused-ring (bicyclic) bond motifs is 1. The fraction of sp³-hybridized carbons (Fsp3) is 0.250. The van der Waals surface area contributed by atoms with Crippen LogP contribution in [0.15, 0.2) is 49.1 Å². The summed E-state index contributed by atoms with van der Waals surface area (Å²) in [5.41, 5.74) is 3.38. The van der Waals surface area contributed by atoms with Gasteiger partial charge in [-0.2, -0.15) is 0 Å². The maximum atomic E-state index is 4.40. The molecule has 4 nitrogen and oxygen atoms in total. The van der Waals surface area contributed by atoms with Gasteiger partial charge in [-0.1, -0.05) is 19.1 Å². The molecule has 0 atom stereocenters. The molecule has 0 aliphatic rings. The zero-order chi connectivity index (χ0) is 13.8. The van der Waals surface area contributed by atoms with E-state index in [-0.39, 0.29) is 0 Å². The van der Waals surface area contributed by atoms with Gasteiger partial charge in [0.05, 0.1) is 17.5 Å². The molecule has 0 unspecified atom stereocenters. The van der Waals surface area contributed by atoms with Crippen LogP contribution in [0.25, 0.3) is 10.9 Å². The van der Waals surface area contributed by atoms with E-state index in [0.717, 1.165) is 30.8 Å². The highest BCUT2D eigenvalue weighted by atomic mass is 15.0. The van der Waals surface area contributed by atoms with Gasteiger partial charge in [-0.05, 0) is 30.3 Å². The molecule has 1 aromatic carbocycles. The summed E-state index contributed by atoms with van der Waals surface area (Å²) in [5.74, 6) is 0. The molecule has 0 fully saturated rings. The van der Waals surface area contributed by atoms with E-state index >= 15 is 0 Å². The van der Waals surface area contributed by atoms with Crippen molar-refractivity contribution in [3.8, 4) is 0 Å². The average molecular weight is 266 g/mol. The number of hydrogen-bond acceptors (Lipinski definition) is 3. The van der Waals surface area contributed by atoms with Crippen molar-refractivity contribution in [3.05, 3.63) is 60.3 Å². The van der Waals surface area contributed by atoms with Crippen molar-refractivity contribution in [3.63, 3.8) is 0 Å². The summed E-state index contributed by atoms with van der Waals surface area (Å²) < 4.78 is 2.12. The van der Waals surface area contributed by atoms with Crippen LogP contribution in [-0.4, -0.2) is 21.1 Å². The predicted octanol–water partition coefficient (Wildman–Crippen LogP) is 2.59. The van der Waals surface area contributed by atoms with Crippen LogP contribution in [0.1, 0.15) is 18.2 Å². The zero-order valence-electron chi connectivity index (χ0n) is 11.6. The second kappa shape index (κ2) is 5.84. The van der Waals surface area contributed by atoms with Crippen LogP contribution in [-0.2, 0) is 13.1 Å². The minimum Gasteiger partial charge on any atom is -0.333 e. The Hall–Kier alpha value is -2.20. The third kappa shape index (κ3) is 2.86. The van der Waals surface area contributed by atoms with Crippen LogP contribution in [0, 0.1) is 0 Å². The molecule has 1 N–H and O–H groups in total. The lowest BCUT2D eigenvalue weighted by Gasteiger charge is -2.04. The average Bonchev–Trinajstić information content (AvgIpc) is 2.92. The maximum absolute atomic E-state index is 4.40. The number of benzene rings is 1. The standard InChI is InChI=1S/C16H18N4/c1-2-17-9-15-11-20(12-19-15)10-13-5-6-16-14(8-13)4-3-7-18-16/h3-8,11-12,17H,2,9-10H2,1H3. The molecule has 0 radical (unpaired) electrons. The van der Waals surface area contributed by atoms with E-state index in [9.17, 15) is 0 Å². The van der Waals surface area contributed by atoms with E-state index in [1.54, 1.807) is 0 Å². The molecule has 0 amide bonds. The molecule has 0 saturated carbocycles. The lowest BCUT2D eigenvalue weighted by molar-refractivity contribution is 0.712. The van der Waals surface area contributed by atoms with Gasteiger partial charge in [0, 0.05) is 30.9 Å². The van der Waals surface area contributed by atoms with Gasteiger partial charge in [0.15, 0.2) is 0 Å². The van der Waals surface area contributed by atoms with Gasteiger partial charge in [0.1, 0.15) is 0 Å². The summed E-state index contributed by atoms with van der Waals surface area (Å²) in [6.45, 7) is 4.72. The molecule has 3 rings (SSSR count). The Bertz CT molecular complexity index is 702. The van der Waals surface area contributed by atoms with E-state index in [1.807, 2.05) is 18.6 Å². The molecule has 102 valence electrons. The predicted molar refractivity (Wildman–Crippen MR) is 80.5 cm³/mol. The second-order valence-corrected chi connectivity index (χ2v) is 4.85. The van der Waals surface area contributed by atoms with Crippen LogP contribution < -0.4 is 5.32 Å². The smallest absolute Gasteiger partial charge is 0.0953 e. The van der Waals surface area contributed by atoms with Gasteiger partial charge < -0.3 is 9.88 Å². The van der Waals surface area contributed by atoms with E-state index < -0.39 is 0 Å². The quantitative estimate of drug-likeness (QED) is 0.772.